The Morgan fingerprint density at radius 1 is 1.07 bits per heavy atom. The number of aromatic nitrogens is 5. The molecule has 1 aliphatic heterocycles. The third-order valence-electron chi connectivity index (χ3n) is 5.37. The van der Waals surface area contributed by atoms with Crippen LogP contribution in [-0.2, 0) is 0 Å². The molecule has 0 atom stereocenters. The van der Waals surface area contributed by atoms with Crippen LogP contribution in [0.2, 0.25) is 0 Å². The van der Waals surface area contributed by atoms with Gasteiger partial charge in [-0.05, 0) is 32.0 Å². The first-order valence-corrected chi connectivity index (χ1v) is 10.1. The lowest BCUT2D eigenvalue weighted by Gasteiger charge is -2.34. The second-order valence-corrected chi connectivity index (χ2v) is 7.36. The number of H-pyrrole nitrogens is 1. The third-order valence-corrected chi connectivity index (χ3v) is 5.37. The molecule has 1 saturated heterocycles. The second-order valence-electron chi connectivity index (χ2n) is 7.36. The Labute approximate surface area is 175 Å². The minimum atomic E-state index is -0.112. The maximum absolute atomic E-state index is 12.0. The zero-order valence-electron chi connectivity index (χ0n) is 17.3. The summed E-state index contributed by atoms with van der Waals surface area (Å²) in [4.78, 5) is 36.9. The molecule has 0 spiro atoms. The molecule has 0 saturated carbocycles. The van der Waals surface area contributed by atoms with E-state index in [2.05, 4.69) is 40.0 Å². The predicted octanol–water partition coefficient (Wildman–Crippen LogP) is 1.47. The van der Waals surface area contributed by atoms with Gasteiger partial charge in [-0.15, -0.1) is 0 Å². The summed E-state index contributed by atoms with van der Waals surface area (Å²) in [7, 11) is 0. The van der Waals surface area contributed by atoms with E-state index in [1.807, 2.05) is 25.1 Å². The number of hydrogen-bond donors (Lipinski definition) is 2. The van der Waals surface area contributed by atoms with E-state index in [1.54, 1.807) is 25.5 Å². The molecule has 9 nitrogen and oxygen atoms in total. The largest absolute Gasteiger partial charge is 0.369 e. The molecule has 9 heteroatoms. The molecule has 3 aromatic rings. The molecule has 4 heterocycles. The van der Waals surface area contributed by atoms with Crippen LogP contribution in [0.1, 0.15) is 11.3 Å². The molecule has 156 valence electrons. The molecule has 1 fully saturated rings. The quantitative estimate of drug-likeness (QED) is 0.634. The van der Waals surface area contributed by atoms with Gasteiger partial charge in [0.05, 0.1) is 0 Å². The topological polar surface area (TPSA) is 103 Å². The monoisotopic (exact) mass is 406 g/mol. The number of anilines is 2. The van der Waals surface area contributed by atoms with Crippen LogP contribution in [0, 0.1) is 13.8 Å². The number of pyridine rings is 1. The molecular weight excluding hydrogens is 380 g/mol. The molecule has 1 aliphatic rings. The number of aryl methyl sites for hydroxylation is 1. The first-order valence-electron chi connectivity index (χ1n) is 10.1. The molecule has 30 heavy (non-hydrogen) atoms. The highest BCUT2D eigenvalue weighted by Crippen LogP contribution is 2.15. The van der Waals surface area contributed by atoms with Crippen LogP contribution in [0.15, 0.2) is 41.6 Å². The summed E-state index contributed by atoms with van der Waals surface area (Å²) in [6.45, 7) is 9.19. The minimum Gasteiger partial charge on any atom is -0.369 e. The van der Waals surface area contributed by atoms with E-state index in [4.69, 9.17) is 0 Å². The van der Waals surface area contributed by atoms with Crippen LogP contribution in [0.5, 0.6) is 0 Å². The fourth-order valence-corrected chi connectivity index (χ4v) is 3.39. The molecule has 2 N–H and O–H groups in total. The van der Waals surface area contributed by atoms with Crippen molar-refractivity contribution in [2.24, 2.45) is 0 Å². The van der Waals surface area contributed by atoms with Gasteiger partial charge >= 0.3 is 0 Å². The van der Waals surface area contributed by atoms with Crippen molar-refractivity contribution in [3.63, 3.8) is 0 Å². The Morgan fingerprint density at radius 2 is 1.83 bits per heavy atom. The highest BCUT2D eigenvalue weighted by molar-refractivity contribution is 5.56. The first kappa shape index (κ1) is 20.0. The zero-order valence-corrected chi connectivity index (χ0v) is 17.3. The Kier molecular flexibility index (Phi) is 5.99. The van der Waals surface area contributed by atoms with Crippen molar-refractivity contribution >= 4 is 11.8 Å². The molecule has 0 amide bonds. The molecule has 4 rings (SSSR count). The summed E-state index contributed by atoms with van der Waals surface area (Å²) in [5.74, 6) is 2.16. The van der Waals surface area contributed by atoms with E-state index in [9.17, 15) is 4.79 Å². The van der Waals surface area contributed by atoms with Crippen LogP contribution in [0.25, 0.3) is 11.4 Å². The standard InChI is InChI=1S/C21H26N8O/c1-15-16(2)26-19(27-20(15)30)17-4-5-18(25-14-17)22-8-9-28-10-12-29(13-11-28)21-23-6-3-7-24-21/h3-7,14H,8-13H2,1-2H3,(H,22,25)(H,26,27,30). The highest BCUT2D eigenvalue weighted by atomic mass is 16.1. The number of piperazine rings is 1. The summed E-state index contributed by atoms with van der Waals surface area (Å²) < 4.78 is 0. The van der Waals surface area contributed by atoms with Gasteiger partial charge in [0, 0.05) is 74.7 Å². The molecule has 0 bridgehead atoms. The van der Waals surface area contributed by atoms with Crippen molar-refractivity contribution in [2.45, 2.75) is 13.8 Å². The Hall–Kier alpha value is -3.33. The number of hydrogen-bond acceptors (Lipinski definition) is 8. The third kappa shape index (κ3) is 4.62. The van der Waals surface area contributed by atoms with Gasteiger partial charge in [-0.2, -0.15) is 0 Å². The first-order chi connectivity index (χ1) is 14.6. The molecular formula is C21H26N8O. The van der Waals surface area contributed by atoms with Crippen LogP contribution < -0.4 is 15.8 Å². The van der Waals surface area contributed by atoms with E-state index < -0.39 is 0 Å². The van der Waals surface area contributed by atoms with Crippen LogP contribution in [0.4, 0.5) is 11.8 Å². The summed E-state index contributed by atoms with van der Waals surface area (Å²) >= 11 is 0. The lowest BCUT2D eigenvalue weighted by molar-refractivity contribution is 0.266. The molecule has 0 aromatic carbocycles. The fourth-order valence-electron chi connectivity index (χ4n) is 3.39. The average Bonchev–Trinajstić information content (AvgIpc) is 2.79. The Bertz CT molecular complexity index is 1030. The molecule has 3 aromatic heterocycles. The number of nitrogens with zero attached hydrogens (tertiary/aromatic N) is 6. The second kappa shape index (κ2) is 9.00. The van der Waals surface area contributed by atoms with E-state index in [0.717, 1.165) is 62.3 Å². The number of rotatable bonds is 6. The number of aromatic amines is 1. The van der Waals surface area contributed by atoms with Crippen molar-refractivity contribution in [3.8, 4) is 11.4 Å². The maximum Gasteiger partial charge on any atom is 0.254 e. The van der Waals surface area contributed by atoms with Crippen molar-refractivity contribution in [3.05, 3.63) is 58.4 Å². The summed E-state index contributed by atoms with van der Waals surface area (Å²) in [5.41, 5.74) is 2.05. The maximum atomic E-state index is 12.0. The van der Waals surface area contributed by atoms with Crippen molar-refractivity contribution in [1.29, 1.82) is 0 Å². The summed E-state index contributed by atoms with van der Waals surface area (Å²) in [6, 6.07) is 5.67. The SMILES string of the molecule is Cc1nc(-c2ccc(NCCN3CCN(c4ncccn4)CC3)nc2)[nH]c(=O)c1C. The highest BCUT2D eigenvalue weighted by Gasteiger charge is 2.18. The van der Waals surface area contributed by atoms with Crippen LogP contribution in [0.3, 0.4) is 0 Å². The summed E-state index contributed by atoms with van der Waals surface area (Å²) in [6.07, 6.45) is 5.29. The molecule has 0 aliphatic carbocycles. The smallest absolute Gasteiger partial charge is 0.254 e. The number of nitrogens with one attached hydrogen (secondary N) is 2. The fraction of sp³-hybridized carbons (Fsp3) is 0.381. The normalized spacial score (nSPS) is 14.7. The van der Waals surface area contributed by atoms with Crippen molar-refractivity contribution in [2.75, 3.05) is 49.5 Å². The van der Waals surface area contributed by atoms with Crippen LogP contribution >= 0.6 is 0 Å². The van der Waals surface area contributed by atoms with Gasteiger partial charge in [0.1, 0.15) is 11.6 Å². The van der Waals surface area contributed by atoms with Gasteiger partial charge < -0.3 is 15.2 Å². The van der Waals surface area contributed by atoms with Gasteiger partial charge in [-0.1, -0.05) is 0 Å². The molecule has 0 radical (unpaired) electrons. The van der Waals surface area contributed by atoms with Crippen molar-refractivity contribution < 1.29 is 0 Å². The van der Waals surface area contributed by atoms with Crippen molar-refractivity contribution in [1.82, 2.24) is 29.8 Å². The van der Waals surface area contributed by atoms with Gasteiger partial charge in [0.2, 0.25) is 5.95 Å². The van der Waals surface area contributed by atoms with E-state index in [1.165, 1.54) is 0 Å². The lowest BCUT2D eigenvalue weighted by Crippen LogP contribution is -2.48. The van der Waals surface area contributed by atoms with Gasteiger partial charge in [-0.3, -0.25) is 9.69 Å². The minimum absolute atomic E-state index is 0.112. The van der Waals surface area contributed by atoms with E-state index in [0.29, 0.717) is 11.4 Å². The lowest BCUT2D eigenvalue weighted by atomic mass is 10.2. The predicted molar refractivity (Wildman–Crippen MR) is 117 cm³/mol. The van der Waals surface area contributed by atoms with Crippen LogP contribution in [-0.4, -0.2) is 69.1 Å². The van der Waals surface area contributed by atoms with Gasteiger partial charge in [-0.25, -0.2) is 19.9 Å². The molecule has 0 unspecified atom stereocenters. The zero-order chi connectivity index (χ0) is 20.9. The van der Waals surface area contributed by atoms with E-state index in [-0.39, 0.29) is 5.56 Å². The average molecular weight is 406 g/mol. The van der Waals surface area contributed by atoms with Gasteiger partial charge in [0.25, 0.3) is 5.56 Å². The Morgan fingerprint density at radius 3 is 2.50 bits per heavy atom. The Balaban J connectivity index is 1.26. The van der Waals surface area contributed by atoms with E-state index >= 15 is 0 Å². The summed E-state index contributed by atoms with van der Waals surface area (Å²) in [5, 5.41) is 3.36. The van der Waals surface area contributed by atoms with Gasteiger partial charge in [0.15, 0.2) is 0 Å².